The van der Waals surface area contributed by atoms with E-state index in [1.165, 1.54) is 24.8 Å². The highest BCUT2D eigenvalue weighted by Gasteiger charge is 2.11. The standard InChI is InChI=1S/C15H25BrN2/c1-4-5-6-9-18(12(2)3)11-13-7-8-14(16)10-15(13)17/h7-8,10,12H,4-6,9,11,17H2,1-3H3. The monoisotopic (exact) mass is 312 g/mol. The third-order valence-corrected chi connectivity index (χ3v) is 3.75. The predicted octanol–water partition coefficient (Wildman–Crippen LogP) is 4.43. The lowest BCUT2D eigenvalue weighted by molar-refractivity contribution is 0.209. The first-order chi connectivity index (χ1) is 8.54. The van der Waals surface area contributed by atoms with Crippen molar-refractivity contribution < 1.29 is 0 Å². The molecule has 0 aromatic heterocycles. The van der Waals surface area contributed by atoms with Crippen LogP contribution in [0.4, 0.5) is 5.69 Å². The van der Waals surface area contributed by atoms with Crippen LogP contribution in [0.5, 0.6) is 0 Å². The van der Waals surface area contributed by atoms with Gasteiger partial charge in [-0.1, -0.05) is 41.8 Å². The maximum Gasteiger partial charge on any atom is 0.0371 e. The molecule has 102 valence electrons. The molecule has 0 atom stereocenters. The smallest absolute Gasteiger partial charge is 0.0371 e. The Kier molecular flexibility index (Phi) is 6.72. The molecule has 0 aliphatic carbocycles. The van der Waals surface area contributed by atoms with E-state index in [-0.39, 0.29) is 0 Å². The Morgan fingerprint density at radius 2 is 2.00 bits per heavy atom. The van der Waals surface area contributed by atoms with Gasteiger partial charge in [0.05, 0.1) is 0 Å². The first kappa shape index (κ1) is 15.5. The van der Waals surface area contributed by atoms with Crippen LogP contribution in [0, 0.1) is 0 Å². The van der Waals surface area contributed by atoms with Gasteiger partial charge in [0.25, 0.3) is 0 Å². The largest absolute Gasteiger partial charge is 0.398 e. The van der Waals surface area contributed by atoms with Crippen LogP contribution in [-0.2, 0) is 6.54 Å². The molecule has 18 heavy (non-hydrogen) atoms. The topological polar surface area (TPSA) is 29.3 Å². The molecule has 1 rings (SSSR count). The number of nitrogens with zero attached hydrogens (tertiary/aromatic N) is 1. The molecule has 0 unspecified atom stereocenters. The predicted molar refractivity (Wildman–Crippen MR) is 83.6 cm³/mol. The molecule has 0 radical (unpaired) electrons. The number of anilines is 1. The van der Waals surface area contributed by atoms with Crippen molar-refractivity contribution in [1.29, 1.82) is 0 Å². The summed E-state index contributed by atoms with van der Waals surface area (Å²) >= 11 is 3.45. The quantitative estimate of drug-likeness (QED) is 0.596. The summed E-state index contributed by atoms with van der Waals surface area (Å²) in [6.45, 7) is 8.84. The first-order valence-corrected chi connectivity index (χ1v) is 7.61. The second-order valence-corrected chi connectivity index (χ2v) is 6.03. The minimum Gasteiger partial charge on any atom is -0.398 e. The fraction of sp³-hybridized carbons (Fsp3) is 0.600. The van der Waals surface area contributed by atoms with E-state index >= 15 is 0 Å². The van der Waals surface area contributed by atoms with E-state index < -0.39 is 0 Å². The lowest BCUT2D eigenvalue weighted by Gasteiger charge is -2.27. The normalized spacial score (nSPS) is 11.4. The molecule has 0 saturated heterocycles. The van der Waals surface area contributed by atoms with Crippen molar-refractivity contribution in [2.45, 2.75) is 52.6 Å². The molecule has 0 saturated carbocycles. The maximum absolute atomic E-state index is 6.07. The number of nitrogen functional groups attached to an aromatic ring is 1. The van der Waals surface area contributed by atoms with Crippen molar-refractivity contribution >= 4 is 21.6 Å². The van der Waals surface area contributed by atoms with Crippen molar-refractivity contribution in [2.24, 2.45) is 0 Å². The molecule has 0 heterocycles. The lowest BCUT2D eigenvalue weighted by atomic mass is 10.1. The molecule has 2 nitrogen and oxygen atoms in total. The molecular formula is C15H25BrN2. The van der Waals surface area contributed by atoms with Crippen LogP contribution in [0.3, 0.4) is 0 Å². The second-order valence-electron chi connectivity index (χ2n) is 5.11. The van der Waals surface area contributed by atoms with E-state index in [0.29, 0.717) is 6.04 Å². The van der Waals surface area contributed by atoms with Crippen molar-refractivity contribution in [3.05, 3.63) is 28.2 Å². The van der Waals surface area contributed by atoms with Crippen LogP contribution < -0.4 is 5.73 Å². The van der Waals surface area contributed by atoms with Gasteiger partial charge in [0, 0.05) is 22.7 Å². The third kappa shape index (κ3) is 4.99. The summed E-state index contributed by atoms with van der Waals surface area (Å²) in [6.07, 6.45) is 3.84. The Balaban J connectivity index is 2.64. The fourth-order valence-electron chi connectivity index (χ4n) is 2.01. The third-order valence-electron chi connectivity index (χ3n) is 3.26. The molecule has 0 spiro atoms. The number of hydrogen-bond acceptors (Lipinski definition) is 2. The van der Waals surface area contributed by atoms with Crippen LogP contribution >= 0.6 is 15.9 Å². The summed E-state index contributed by atoms with van der Waals surface area (Å²) in [6, 6.07) is 6.73. The van der Waals surface area contributed by atoms with Gasteiger partial charge in [-0.05, 0) is 44.5 Å². The molecule has 0 amide bonds. The van der Waals surface area contributed by atoms with E-state index in [1.807, 2.05) is 6.07 Å². The molecule has 3 heteroatoms. The Labute approximate surface area is 120 Å². The molecule has 0 fully saturated rings. The van der Waals surface area contributed by atoms with Crippen LogP contribution in [0.25, 0.3) is 0 Å². The van der Waals surface area contributed by atoms with E-state index in [1.54, 1.807) is 0 Å². The number of benzene rings is 1. The van der Waals surface area contributed by atoms with Crippen molar-refractivity contribution in [1.82, 2.24) is 4.90 Å². The van der Waals surface area contributed by atoms with Crippen molar-refractivity contribution in [3.8, 4) is 0 Å². The summed E-state index contributed by atoms with van der Waals surface area (Å²) in [5.74, 6) is 0. The first-order valence-electron chi connectivity index (χ1n) is 6.82. The average molecular weight is 313 g/mol. The average Bonchev–Trinajstić information content (AvgIpc) is 2.30. The zero-order valence-corrected chi connectivity index (χ0v) is 13.3. The van der Waals surface area contributed by atoms with Gasteiger partial charge in [-0.15, -0.1) is 0 Å². The second kappa shape index (κ2) is 7.80. The Morgan fingerprint density at radius 1 is 1.28 bits per heavy atom. The summed E-state index contributed by atoms with van der Waals surface area (Å²) < 4.78 is 1.05. The summed E-state index contributed by atoms with van der Waals surface area (Å²) in [4.78, 5) is 2.50. The minimum atomic E-state index is 0.560. The maximum atomic E-state index is 6.07. The highest BCUT2D eigenvalue weighted by molar-refractivity contribution is 9.10. The molecule has 0 bridgehead atoms. The Hall–Kier alpha value is -0.540. The van der Waals surface area contributed by atoms with Crippen LogP contribution in [-0.4, -0.2) is 17.5 Å². The molecule has 2 N–H and O–H groups in total. The fourth-order valence-corrected chi connectivity index (χ4v) is 2.39. The number of rotatable bonds is 7. The van der Waals surface area contributed by atoms with E-state index in [4.69, 9.17) is 5.73 Å². The molecule has 0 aliphatic heterocycles. The van der Waals surface area contributed by atoms with Gasteiger partial charge in [-0.3, -0.25) is 4.90 Å². The molecule has 1 aromatic rings. The number of halogens is 1. The molecule has 0 aliphatic rings. The Morgan fingerprint density at radius 3 is 2.56 bits per heavy atom. The summed E-state index contributed by atoms with van der Waals surface area (Å²) in [5.41, 5.74) is 8.17. The van der Waals surface area contributed by atoms with Gasteiger partial charge in [-0.25, -0.2) is 0 Å². The SMILES string of the molecule is CCCCCN(Cc1ccc(Br)cc1N)C(C)C. The van der Waals surface area contributed by atoms with Crippen molar-refractivity contribution in [2.75, 3.05) is 12.3 Å². The molecular weight excluding hydrogens is 288 g/mol. The van der Waals surface area contributed by atoms with Gasteiger partial charge >= 0.3 is 0 Å². The number of nitrogens with two attached hydrogens (primary N) is 1. The zero-order chi connectivity index (χ0) is 13.5. The molecule has 1 aromatic carbocycles. The van der Waals surface area contributed by atoms with Gasteiger partial charge in [0.2, 0.25) is 0 Å². The van der Waals surface area contributed by atoms with Crippen LogP contribution in [0.2, 0.25) is 0 Å². The zero-order valence-electron chi connectivity index (χ0n) is 11.7. The lowest BCUT2D eigenvalue weighted by Crippen LogP contribution is -2.31. The highest BCUT2D eigenvalue weighted by Crippen LogP contribution is 2.21. The van der Waals surface area contributed by atoms with Gasteiger partial charge in [0.1, 0.15) is 0 Å². The van der Waals surface area contributed by atoms with E-state index in [0.717, 1.165) is 23.2 Å². The summed E-state index contributed by atoms with van der Waals surface area (Å²) in [5, 5.41) is 0. The van der Waals surface area contributed by atoms with Gasteiger partial charge in [0.15, 0.2) is 0 Å². The van der Waals surface area contributed by atoms with Gasteiger partial charge < -0.3 is 5.73 Å². The summed E-state index contributed by atoms with van der Waals surface area (Å²) in [7, 11) is 0. The van der Waals surface area contributed by atoms with Gasteiger partial charge in [-0.2, -0.15) is 0 Å². The van der Waals surface area contributed by atoms with Crippen LogP contribution in [0.1, 0.15) is 45.6 Å². The minimum absolute atomic E-state index is 0.560. The highest BCUT2D eigenvalue weighted by atomic mass is 79.9. The van der Waals surface area contributed by atoms with Crippen LogP contribution in [0.15, 0.2) is 22.7 Å². The number of hydrogen-bond donors (Lipinski definition) is 1. The van der Waals surface area contributed by atoms with Crippen molar-refractivity contribution in [3.63, 3.8) is 0 Å². The number of unbranched alkanes of at least 4 members (excludes halogenated alkanes) is 2. The van der Waals surface area contributed by atoms with E-state index in [2.05, 4.69) is 53.7 Å². The van der Waals surface area contributed by atoms with E-state index in [9.17, 15) is 0 Å². The Bertz CT molecular complexity index is 364.